The quantitative estimate of drug-likeness (QED) is 0.198. The van der Waals surface area contributed by atoms with Crippen LogP contribution in [0.4, 0.5) is 0 Å². The Bertz CT molecular complexity index is 630. The van der Waals surface area contributed by atoms with Crippen molar-refractivity contribution in [3.05, 3.63) is 35.4 Å². The predicted molar refractivity (Wildman–Crippen MR) is 132 cm³/mol. The van der Waals surface area contributed by atoms with Gasteiger partial charge in [0.1, 0.15) is 0 Å². The first-order chi connectivity index (χ1) is 14.2. The molecule has 1 amide bonds. The van der Waals surface area contributed by atoms with Crippen LogP contribution in [0.2, 0.25) is 0 Å². The highest BCUT2D eigenvalue weighted by molar-refractivity contribution is 14.0. The molecule has 8 heteroatoms. The lowest BCUT2D eigenvalue weighted by Gasteiger charge is -2.18. The molecule has 0 spiro atoms. The minimum Gasteiger partial charge on any atom is -0.379 e. The predicted octanol–water partition coefficient (Wildman–Crippen LogP) is 3.04. The molecule has 1 aliphatic rings. The fourth-order valence-corrected chi connectivity index (χ4v) is 3.13. The first kappa shape index (κ1) is 26.6. The summed E-state index contributed by atoms with van der Waals surface area (Å²) in [6.45, 7) is 11.9. The Hall–Kier alpha value is -1.39. The summed E-state index contributed by atoms with van der Waals surface area (Å²) in [6.07, 6.45) is 2.17. The number of hydrogen-bond donors (Lipinski definition) is 2. The van der Waals surface area contributed by atoms with E-state index in [4.69, 9.17) is 9.47 Å². The fraction of sp³-hybridized carbons (Fsp3) is 0.636. The molecule has 0 radical (unpaired) electrons. The van der Waals surface area contributed by atoms with Crippen LogP contribution in [0, 0.1) is 0 Å². The van der Waals surface area contributed by atoms with Crippen LogP contribution in [0.15, 0.2) is 29.3 Å². The third-order valence-corrected chi connectivity index (χ3v) is 4.87. The molecule has 7 nitrogen and oxygen atoms in total. The van der Waals surface area contributed by atoms with E-state index < -0.39 is 0 Å². The molecule has 2 rings (SSSR count). The second-order valence-electron chi connectivity index (χ2n) is 7.01. The van der Waals surface area contributed by atoms with E-state index in [2.05, 4.69) is 15.6 Å². The highest BCUT2D eigenvalue weighted by Gasteiger charge is 2.15. The summed E-state index contributed by atoms with van der Waals surface area (Å²) < 4.78 is 11.1. The third-order valence-electron chi connectivity index (χ3n) is 4.87. The minimum absolute atomic E-state index is 0. The van der Waals surface area contributed by atoms with Crippen molar-refractivity contribution in [3.63, 3.8) is 0 Å². The van der Waals surface area contributed by atoms with E-state index in [1.165, 1.54) is 0 Å². The van der Waals surface area contributed by atoms with E-state index in [-0.39, 0.29) is 36.0 Å². The van der Waals surface area contributed by atoms with Gasteiger partial charge in [0.2, 0.25) is 0 Å². The lowest BCUT2D eigenvalue weighted by atomic mass is 10.1. The topological polar surface area (TPSA) is 75.2 Å². The molecule has 1 unspecified atom stereocenters. The summed E-state index contributed by atoms with van der Waals surface area (Å²) in [5, 5.41) is 6.60. The first-order valence-electron chi connectivity index (χ1n) is 10.8. The number of benzene rings is 1. The van der Waals surface area contributed by atoms with Gasteiger partial charge in [0.05, 0.1) is 19.3 Å². The summed E-state index contributed by atoms with van der Waals surface area (Å²) >= 11 is 0. The highest BCUT2D eigenvalue weighted by atomic mass is 127. The monoisotopic (exact) mass is 532 g/mol. The maximum absolute atomic E-state index is 12.4. The molecule has 0 bridgehead atoms. The lowest BCUT2D eigenvalue weighted by molar-refractivity contribution is 0.0420. The number of ether oxygens (including phenoxy) is 2. The summed E-state index contributed by atoms with van der Waals surface area (Å²) in [7, 11) is 0. The van der Waals surface area contributed by atoms with Gasteiger partial charge in [-0.3, -0.25) is 4.79 Å². The van der Waals surface area contributed by atoms with Gasteiger partial charge in [-0.05, 0) is 51.3 Å². The Morgan fingerprint density at radius 3 is 2.53 bits per heavy atom. The summed E-state index contributed by atoms with van der Waals surface area (Å²) in [5.74, 6) is 0.867. The molecule has 30 heavy (non-hydrogen) atoms. The number of aliphatic imine (C=N–C) groups is 1. The fourth-order valence-electron chi connectivity index (χ4n) is 3.13. The van der Waals surface area contributed by atoms with Gasteiger partial charge in [0.25, 0.3) is 5.91 Å². The van der Waals surface area contributed by atoms with Crippen molar-refractivity contribution in [2.75, 3.05) is 46.0 Å². The van der Waals surface area contributed by atoms with Crippen LogP contribution in [0.5, 0.6) is 0 Å². The Labute approximate surface area is 198 Å². The van der Waals surface area contributed by atoms with Gasteiger partial charge in [0, 0.05) is 45.0 Å². The number of rotatable bonds is 11. The standard InChI is InChI=1S/C22H36N4O3.HI/c1-4-23-22(24-13-7-14-29-20-12-15-28-17-20)25-16-18-8-10-19(11-9-18)21(27)26(5-2)6-3;/h8-11,20H,4-7,12-17H2,1-3H3,(H2,23,24,25);1H. The summed E-state index contributed by atoms with van der Waals surface area (Å²) in [4.78, 5) is 18.8. The van der Waals surface area contributed by atoms with Gasteiger partial charge < -0.3 is 25.0 Å². The van der Waals surface area contributed by atoms with Crippen molar-refractivity contribution >= 4 is 35.8 Å². The zero-order valence-corrected chi connectivity index (χ0v) is 20.8. The lowest BCUT2D eigenvalue weighted by Crippen LogP contribution is -2.38. The van der Waals surface area contributed by atoms with E-state index >= 15 is 0 Å². The smallest absolute Gasteiger partial charge is 0.253 e. The van der Waals surface area contributed by atoms with Gasteiger partial charge in [-0.1, -0.05) is 12.1 Å². The number of halogens is 1. The van der Waals surface area contributed by atoms with Gasteiger partial charge in [-0.15, -0.1) is 24.0 Å². The van der Waals surface area contributed by atoms with E-state index in [1.54, 1.807) is 0 Å². The zero-order valence-electron chi connectivity index (χ0n) is 18.5. The van der Waals surface area contributed by atoms with E-state index in [9.17, 15) is 4.79 Å². The minimum atomic E-state index is 0. The van der Waals surface area contributed by atoms with Crippen molar-refractivity contribution in [2.24, 2.45) is 4.99 Å². The van der Waals surface area contributed by atoms with Crippen molar-refractivity contribution in [1.82, 2.24) is 15.5 Å². The molecule has 0 saturated carbocycles. The Morgan fingerprint density at radius 2 is 1.93 bits per heavy atom. The van der Waals surface area contributed by atoms with E-state index in [1.807, 2.05) is 49.9 Å². The van der Waals surface area contributed by atoms with Gasteiger partial charge in [0.15, 0.2) is 5.96 Å². The maximum Gasteiger partial charge on any atom is 0.253 e. The Kier molecular flexibility index (Phi) is 13.7. The number of amides is 1. The average Bonchev–Trinajstić information content (AvgIpc) is 3.26. The van der Waals surface area contributed by atoms with E-state index in [0.717, 1.165) is 75.9 Å². The molecule has 1 saturated heterocycles. The summed E-state index contributed by atoms with van der Waals surface area (Å²) in [5.41, 5.74) is 1.79. The normalized spacial score (nSPS) is 16.1. The molecule has 170 valence electrons. The number of nitrogens with one attached hydrogen (secondary N) is 2. The number of carbonyl (C=O) groups is 1. The molecular formula is C22H37IN4O3. The molecule has 1 aromatic rings. The zero-order chi connectivity index (χ0) is 20.9. The first-order valence-corrected chi connectivity index (χ1v) is 10.8. The van der Waals surface area contributed by atoms with Crippen LogP contribution in [0.25, 0.3) is 0 Å². The molecule has 0 aromatic heterocycles. The molecule has 0 aliphatic carbocycles. The largest absolute Gasteiger partial charge is 0.379 e. The van der Waals surface area contributed by atoms with Crippen LogP contribution in [0.3, 0.4) is 0 Å². The molecule has 1 fully saturated rings. The molecule has 2 N–H and O–H groups in total. The Morgan fingerprint density at radius 1 is 1.20 bits per heavy atom. The molecule has 1 aliphatic heterocycles. The number of carbonyl (C=O) groups excluding carboxylic acids is 1. The molecule has 1 aromatic carbocycles. The SMILES string of the molecule is CCNC(=NCc1ccc(C(=O)N(CC)CC)cc1)NCCCOC1CCOC1.I. The molecule has 1 atom stereocenters. The third kappa shape index (κ3) is 9.18. The van der Waals surface area contributed by atoms with Crippen LogP contribution in [-0.4, -0.2) is 68.9 Å². The second-order valence-corrected chi connectivity index (χ2v) is 7.01. The highest BCUT2D eigenvalue weighted by Crippen LogP contribution is 2.09. The van der Waals surface area contributed by atoms with Gasteiger partial charge in [-0.2, -0.15) is 0 Å². The maximum atomic E-state index is 12.4. The summed E-state index contributed by atoms with van der Waals surface area (Å²) in [6, 6.07) is 7.72. The van der Waals surface area contributed by atoms with Crippen LogP contribution >= 0.6 is 24.0 Å². The Balaban J connectivity index is 0.00000450. The van der Waals surface area contributed by atoms with Crippen LogP contribution in [-0.2, 0) is 16.0 Å². The van der Waals surface area contributed by atoms with Crippen molar-refractivity contribution in [2.45, 2.75) is 46.3 Å². The van der Waals surface area contributed by atoms with Crippen LogP contribution in [0.1, 0.15) is 49.5 Å². The van der Waals surface area contributed by atoms with Crippen molar-refractivity contribution < 1.29 is 14.3 Å². The van der Waals surface area contributed by atoms with Gasteiger partial charge in [-0.25, -0.2) is 4.99 Å². The van der Waals surface area contributed by atoms with Crippen LogP contribution < -0.4 is 10.6 Å². The van der Waals surface area contributed by atoms with Crippen molar-refractivity contribution in [1.29, 1.82) is 0 Å². The number of guanidine groups is 1. The number of hydrogen-bond acceptors (Lipinski definition) is 4. The van der Waals surface area contributed by atoms with E-state index in [0.29, 0.717) is 6.54 Å². The van der Waals surface area contributed by atoms with Crippen molar-refractivity contribution in [3.8, 4) is 0 Å². The second kappa shape index (κ2) is 15.4. The average molecular weight is 532 g/mol. The van der Waals surface area contributed by atoms with Gasteiger partial charge >= 0.3 is 0 Å². The number of nitrogens with zero attached hydrogens (tertiary/aromatic N) is 2. The molecular weight excluding hydrogens is 495 g/mol. The molecule has 1 heterocycles.